The molecule has 0 amide bonds. The minimum Gasteiger partial charge on any atom is -0.493 e. The van der Waals surface area contributed by atoms with Crippen LogP contribution in [0.2, 0.25) is 5.02 Å². The van der Waals surface area contributed by atoms with Gasteiger partial charge in [0, 0.05) is 11.4 Å². The van der Waals surface area contributed by atoms with Crippen LogP contribution in [0.25, 0.3) is 11.0 Å². The van der Waals surface area contributed by atoms with Gasteiger partial charge < -0.3 is 9.72 Å². The predicted octanol–water partition coefficient (Wildman–Crippen LogP) is 4.54. The maximum absolute atomic E-state index is 5.93. The first-order chi connectivity index (χ1) is 10.2. The summed E-state index contributed by atoms with van der Waals surface area (Å²) in [7, 11) is 0. The number of aromatic nitrogens is 2. The van der Waals surface area contributed by atoms with E-state index >= 15 is 0 Å². The van der Waals surface area contributed by atoms with E-state index in [9.17, 15) is 0 Å². The normalized spacial score (nSPS) is 11.0. The topological polar surface area (TPSA) is 37.9 Å². The molecule has 0 aliphatic heterocycles. The van der Waals surface area contributed by atoms with E-state index in [1.807, 2.05) is 49.4 Å². The SMILES string of the molecule is Cc1cc(Cl)ccc1OCCCc1nc2ccccc2[nH]1. The number of ether oxygens (including phenoxy) is 1. The largest absolute Gasteiger partial charge is 0.493 e. The van der Waals surface area contributed by atoms with Gasteiger partial charge in [0.15, 0.2) is 0 Å². The van der Waals surface area contributed by atoms with Gasteiger partial charge in [0.05, 0.1) is 17.6 Å². The average Bonchev–Trinajstić information content (AvgIpc) is 2.88. The van der Waals surface area contributed by atoms with Gasteiger partial charge in [-0.1, -0.05) is 23.7 Å². The molecular weight excluding hydrogens is 284 g/mol. The summed E-state index contributed by atoms with van der Waals surface area (Å²) in [6, 6.07) is 13.7. The molecule has 1 N–H and O–H groups in total. The van der Waals surface area contributed by atoms with E-state index in [4.69, 9.17) is 16.3 Å². The van der Waals surface area contributed by atoms with Crippen LogP contribution in [0.15, 0.2) is 42.5 Å². The van der Waals surface area contributed by atoms with E-state index in [-0.39, 0.29) is 0 Å². The fourth-order valence-corrected chi connectivity index (χ4v) is 2.55. The molecular formula is C17H17ClN2O. The minimum absolute atomic E-state index is 0.666. The summed E-state index contributed by atoms with van der Waals surface area (Å²) in [5, 5.41) is 0.738. The Hall–Kier alpha value is -2.00. The number of hydrogen-bond acceptors (Lipinski definition) is 2. The van der Waals surface area contributed by atoms with Crippen molar-refractivity contribution in [1.29, 1.82) is 0 Å². The summed E-state index contributed by atoms with van der Waals surface area (Å²) in [6.45, 7) is 2.67. The molecule has 1 aromatic heterocycles. The molecule has 0 saturated carbocycles. The zero-order valence-corrected chi connectivity index (χ0v) is 12.7. The highest BCUT2D eigenvalue weighted by Crippen LogP contribution is 2.22. The van der Waals surface area contributed by atoms with E-state index in [1.165, 1.54) is 0 Å². The summed E-state index contributed by atoms with van der Waals surface area (Å²) < 4.78 is 5.79. The van der Waals surface area contributed by atoms with Gasteiger partial charge in [-0.3, -0.25) is 0 Å². The summed E-state index contributed by atoms with van der Waals surface area (Å²) in [6.07, 6.45) is 1.79. The molecule has 2 aromatic carbocycles. The first kappa shape index (κ1) is 14.0. The Morgan fingerprint density at radius 2 is 2.05 bits per heavy atom. The number of hydrogen-bond donors (Lipinski definition) is 1. The van der Waals surface area contributed by atoms with Crippen LogP contribution in [-0.2, 0) is 6.42 Å². The second-order valence-electron chi connectivity index (χ2n) is 5.06. The molecule has 3 rings (SSSR count). The van der Waals surface area contributed by atoms with Gasteiger partial charge in [-0.15, -0.1) is 0 Å². The summed E-state index contributed by atoms with van der Waals surface area (Å²) in [4.78, 5) is 7.89. The molecule has 0 atom stereocenters. The molecule has 0 unspecified atom stereocenters. The standard InChI is InChI=1S/C17H17ClN2O/c1-12-11-13(18)8-9-16(12)21-10-4-7-17-19-14-5-2-3-6-15(14)20-17/h2-3,5-6,8-9,11H,4,7,10H2,1H3,(H,19,20). The second kappa shape index (κ2) is 6.19. The molecule has 3 nitrogen and oxygen atoms in total. The lowest BCUT2D eigenvalue weighted by molar-refractivity contribution is 0.308. The van der Waals surface area contributed by atoms with Crippen molar-refractivity contribution in [3.63, 3.8) is 0 Å². The zero-order chi connectivity index (χ0) is 14.7. The third-order valence-corrected chi connectivity index (χ3v) is 3.63. The maximum Gasteiger partial charge on any atom is 0.122 e. The number of fused-ring (bicyclic) bond motifs is 1. The molecule has 3 aromatic rings. The highest BCUT2D eigenvalue weighted by molar-refractivity contribution is 6.30. The number of H-pyrrole nitrogens is 1. The third-order valence-electron chi connectivity index (χ3n) is 3.39. The minimum atomic E-state index is 0.666. The summed E-state index contributed by atoms with van der Waals surface area (Å²) in [5.74, 6) is 1.90. The molecule has 0 bridgehead atoms. The van der Waals surface area contributed by atoms with Crippen molar-refractivity contribution in [3.8, 4) is 5.75 Å². The molecule has 0 fully saturated rings. The van der Waals surface area contributed by atoms with Crippen LogP contribution in [-0.4, -0.2) is 16.6 Å². The van der Waals surface area contributed by atoms with Crippen molar-refractivity contribution < 1.29 is 4.74 Å². The number of nitrogens with one attached hydrogen (secondary N) is 1. The first-order valence-electron chi connectivity index (χ1n) is 7.05. The lowest BCUT2D eigenvalue weighted by atomic mass is 10.2. The van der Waals surface area contributed by atoms with E-state index in [1.54, 1.807) is 0 Å². The molecule has 4 heteroatoms. The first-order valence-corrected chi connectivity index (χ1v) is 7.43. The number of benzene rings is 2. The molecule has 0 spiro atoms. The van der Waals surface area contributed by atoms with Gasteiger partial charge in [-0.2, -0.15) is 0 Å². The zero-order valence-electron chi connectivity index (χ0n) is 11.9. The highest BCUT2D eigenvalue weighted by atomic mass is 35.5. The number of imidazole rings is 1. The van der Waals surface area contributed by atoms with Crippen LogP contribution in [0, 0.1) is 6.92 Å². The third kappa shape index (κ3) is 3.37. The fourth-order valence-electron chi connectivity index (χ4n) is 2.32. The Kier molecular flexibility index (Phi) is 4.11. The van der Waals surface area contributed by atoms with Gasteiger partial charge in [0.1, 0.15) is 11.6 Å². The Morgan fingerprint density at radius 1 is 1.19 bits per heavy atom. The monoisotopic (exact) mass is 300 g/mol. The maximum atomic E-state index is 5.93. The van der Waals surface area contributed by atoms with E-state index in [2.05, 4.69) is 9.97 Å². The lowest BCUT2D eigenvalue weighted by Crippen LogP contribution is -2.01. The summed E-state index contributed by atoms with van der Waals surface area (Å²) >= 11 is 5.93. The van der Waals surface area contributed by atoms with Gasteiger partial charge in [-0.25, -0.2) is 4.98 Å². The van der Waals surface area contributed by atoms with Crippen molar-refractivity contribution in [1.82, 2.24) is 9.97 Å². The molecule has 0 aliphatic rings. The number of rotatable bonds is 5. The number of para-hydroxylation sites is 2. The Labute approximate surface area is 128 Å². The Bertz CT molecular complexity index is 718. The van der Waals surface area contributed by atoms with Gasteiger partial charge in [0.2, 0.25) is 0 Å². The molecule has 108 valence electrons. The lowest BCUT2D eigenvalue weighted by Gasteiger charge is -2.08. The van der Waals surface area contributed by atoms with E-state index < -0.39 is 0 Å². The molecule has 0 radical (unpaired) electrons. The quantitative estimate of drug-likeness (QED) is 0.703. The molecule has 0 aliphatic carbocycles. The average molecular weight is 301 g/mol. The van der Waals surface area contributed by atoms with E-state index in [0.29, 0.717) is 6.61 Å². The van der Waals surface area contributed by atoms with E-state index in [0.717, 1.165) is 46.0 Å². The van der Waals surface area contributed by atoms with Crippen molar-refractivity contribution in [2.24, 2.45) is 0 Å². The van der Waals surface area contributed by atoms with Gasteiger partial charge in [0.25, 0.3) is 0 Å². The highest BCUT2D eigenvalue weighted by Gasteiger charge is 2.03. The van der Waals surface area contributed by atoms with Crippen LogP contribution < -0.4 is 4.74 Å². The number of aromatic amines is 1. The van der Waals surface area contributed by atoms with Gasteiger partial charge >= 0.3 is 0 Å². The number of halogens is 1. The summed E-state index contributed by atoms with van der Waals surface area (Å²) in [5.41, 5.74) is 3.16. The second-order valence-corrected chi connectivity index (χ2v) is 5.50. The Morgan fingerprint density at radius 3 is 2.86 bits per heavy atom. The smallest absolute Gasteiger partial charge is 0.122 e. The number of aryl methyl sites for hydroxylation is 2. The van der Waals surface area contributed by atoms with Crippen molar-refractivity contribution in [2.45, 2.75) is 19.8 Å². The van der Waals surface area contributed by atoms with Crippen LogP contribution in [0.5, 0.6) is 5.75 Å². The molecule has 0 saturated heterocycles. The molecule has 1 heterocycles. The molecule has 21 heavy (non-hydrogen) atoms. The Balaban J connectivity index is 1.54. The van der Waals surface area contributed by atoms with Crippen molar-refractivity contribution in [2.75, 3.05) is 6.61 Å². The van der Waals surface area contributed by atoms with Crippen LogP contribution in [0.4, 0.5) is 0 Å². The van der Waals surface area contributed by atoms with Crippen molar-refractivity contribution in [3.05, 3.63) is 58.9 Å². The number of nitrogens with zero attached hydrogens (tertiary/aromatic N) is 1. The predicted molar refractivity (Wildman–Crippen MR) is 86.1 cm³/mol. The van der Waals surface area contributed by atoms with Crippen LogP contribution >= 0.6 is 11.6 Å². The van der Waals surface area contributed by atoms with Crippen LogP contribution in [0.3, 0.4) is 0 Å². The van der Waals surface area contributed by atoms with Crippen LogP contribution in [0.1, 0.15) is 17.8 Å². The van der Waals surface area contributed by atoms with Gasteiger partial charge in [-0.05, 0) is 49.2 Å². The van der Waals surface area contributed by atoms with Crippen molar-refractivity contribution >= 4 is 22.6 Å². The fraction of sp³-hybridized carbons (Fsp3) is 0.235.